The predicted octanol–water partition coefficient (Wildman–Crippen LogP) is 24.4. The summed E-state index contributed by atoms with van der Waals surface area (Å²) in [6.07, 6.45) is 50.5. The molecule has 0 bridgehead atoms. The molecular formula is C81H130O6Si2. The van der Waals surface area contributed by atoms with Crippen molar-refractivity contribution in [3.63, 3.8) is 0 Å². The maximum absolute atomic E-state index is 13.0. The highest BCUT2D eigenvalue weighted by atomic mass is 28.3. The second-order valence-electron chi connectivity index (χ2n) is 27.8. The third kappa shape index (κ3) is 40.8. The number of carbonyl (C=O) groups is 1. The molecule has 0 radical (unpaired) electrons. The quantitative estimate of drug-likeness (QED) is 0.0243. The Morgan fingerprint density at radius 1 is 0.326 bits per heavy atom. The molecule has 0 N–H and O–H groups in total. The molecule has 0 aliphatic heterocycles. The largest absolute Gasteiger partial charge is 0.492 e. The topological polar surface area (TPSA) is 63.2 Å². The SMILES string of the molecule is CCCCCCCCCCCCOc1cc(C#Cc2cc(OCCCCCCCCCCCC)c(C#C[Si](C)(C)C)cc2OCCCCCCCCCCCC)c(OCCCCCCCCCCCC)cc1C#Cc1ccc(C(=O)OCC[Si](C)(C)C)cc1. The van der Waals surface area contributed by atoms with Gasteiger partial charge in [-0.2, -0.15) is 0 Å². The Bertz CT molecular complexity index is 2480. The van der Waals surface area contributed by atoms with Gasteiger partial charge in [-0.05, 0) is 56.0 Å². The first-order valence-corrected chi connectivity index (χ1v) is 44.2. The number of rotatable bonds is 52. The summed E-state index contributed by atoms with van der Waals surface area (Å²) in [6.45, 7) is 25.8. The molecule has 0 fully saturated rings. The lowest BCUT2D eigenvalue weighted by molar-refractivity contribution is 0.0525. The van der Waals surface area contributed by atoms with Crippen molar-refractivity contribution < 1.29 is 28.5 Å². The highest BCUT2D eigenvalue weighted by Crippen LogP contribution is 2.33. The van der Waals surface area contributed by atoms with Gasteiger partial charge in [-0.3, -0.25) is 0 Å². The molecule has 0 spiro atoms. The molecule has 0 saturated carbocycles. The fourth-order valence-corrected chi connectivity index (χ4v) is 12.1. The molecule has 8 heteroatoms. The van der Waals surface area contributed by atoms with E-state index < -0.39 is 16.1 Å². The maximum Gasteiger partial charge on any atom is 0.338 e. The van der Waals surface area contributed by atoms with Crippen LogP contribution in [0.15, 0.2) is 48.5 Å². The zero-order valence-corrected chi connectivity index (χ0v) is 61.1. The van der Waals surface area contributed by atoms with Gasteiger partial charge in [0.2, 0.25) is 0 Å². The van der Waals surface area contributed by atoms with Crippen LogP contribution in [0.25, 0.3) is 0 Å². The van der Waals surface area contributed by atoms with E-state index in [1.165, 1.54) is 205 Å². The van der Waals surface area contributed by atoms with Gasteiger partial charge < -0.3 is 23.7 Å². The number of hydrogen-bond acceptors (Lipinski definition) is 6. The van der Waals surface area contributed by atoms with E-state index in [-0.39, 0.29) is 5.97 Å². The molecule has 498 valence electrons. The number of unbranched alkanes of at least 4 members (excludes halogenated alkanes) is 36. The zero-order chi connectivity index (χ0) is 64.3. The standard InChI is InChI=1S/C81H130O6Si2/c1-11-15-19-23-27-31-35-39-43-47-60-83-77-68-74(78(84-61-48-44-40-36-32-28-24-20-16-12-2)67-73(77)56-53-71-51-54-72(55-52-71)81(82)87-64-66-89(8,9)10)57-58-75-69-80(86-63-50-46-42-38-34-30-26-22-18-14-4)76(59-65-88(5,6)7)70-79(75)85-62-49-45-41-37-33-29-25-21-17-13-3/h51-52,54-55,67-70H,11-50,60-64,66H2,1-10H3. The van der Waals surface area contributed by atoms with Crippen molar-refractivity contribution in [1.29, 1.82) is 0 Å². The molecule has 3 aromatic carbocycles. The molecule has 0 aromatic heterocycles. The van der Waals surface area contributed by atoms with E-state index in [1.54, 1.807) is 0 Å². The minimum atomic E-state index is -1.73. The Labute approximate surface area is 550 Å². The predicted molar refractivity (Wildman–Crippen MR) is 389 cm³/mol. The summed E-state index contributed by atoms with van der Waals surface area (Å²) in [4.78, 5) is 13.0. The molecule has 3 rings (SSSR count). The summed E-state index contributed by atoms with van der Waals surface area (Å²) in [5.41, 5.74) is 8.15. The van der Waals surface area contributed by atoms with Crippen LogP contribution in [-0.4, -0.2) is 55.2 Å². The van der Waals surface area contributed by atoms with Gasteiger partial charge in [-0.15, -0.1) is 5.54 Å². The summed E-state index contributed by atoms with van der Waals surface area (Å²) in [5.74, 6) is 20.4. The summed E-state index contributed by atoms with van der Waals surface area (Å²) >= 11 is 0. The van der Waals surface area contributed by atoms with E-state index in [9.17, 15) is 4.79 Å². The van der Waals surface area contributed by atoms with Crippen molar-refractivity contribution in [2.75, 3.05) is 33.0 Å². The Hall–Kier alpha value is -4.56. The molecule has 0 unspecified atom stereocenters. The van der Waals surface area contributed by atoms with Gasteiger partial charge in [-0.1, -0.05) is 328 Å². The third-order valence-electron chi connectivity index (χ3n) is 16.6. The number of benzene rings is 3. The van der Waals surface area contributed by atoms with Crippen molar-refractivity contribution in [3.8, 4) is 58.1 Å². The van der Waals surface area contributed by atoms with E-state index in [0.717, 1.165) is 96.7 Å². The maximum atomic E-state index is 13.0. The molecule has 0 amide bonds. The first kappa shape index (κ1) is 78.7. The molecule has 0 saturated heterocycles. The second kappa shape index (κ2) is 51.0. The monoisotopic (exact) mass is 1250 g/mol. The highest BCUT2D eigenvalue weighted by molar-refractivity contribution is 6.83. The van der Waals surface area contributed by atoms with Crippen molar-refractivity contribution in [2.24, 2.45) is 0 Å². The number of hydrogen-bond donors (Lipinski definition) is 0. The fourth-order valence-electron chi connectivity index (χ4n) is 10.8. The minimum absolute atomic E-state index is 0.293. The van der Waals surface area contributed by atoms with Gasteiger partial charge >= 0.3 is 5.97 Å². The van der Waals surface area contributed by atoms with E-state index >= 15 is 0 Å². The molecule has 0 heterocycles. The summed E-state index contributed by atoms with van der Waals surface area (Å²) < 4.78 is 32.8. The molecule has 3 aromatic rings. The van der Waals surface area contributed by atoms with Crippen LogP contribution in [0.3, 0.4) is 0 Å². The summed E-state index contributed by atoms with van der Waals surface area (Å²) in [7, 11) is -3.06. The summed E-state index contributed by atoms with van der Waals surface area (Å²) in [6, 6.07) is 16.7. The van der Waals surface area contributed by atoms with Crippen LogP contribution < -0.4 is 18.9 Å². The second-order valence-corrected chi connectivity index (χ2v) is 38.2. The van der Waals surface area contributed by atoms with Crippen molar-refractivity contribution >= 4 is 22.1 Å². The van der Waals surface area contributed by atoms with Crippen molar-refractivity contribution in [3.05, 3.63) is 81.9 Å². The van der Waals surface area contributed by atoms with Crippen LogP contribution in [0, 0.1) is 35.1 Å². The van der Waals surface area contributed by atoms with Gasteiger partial charge in [0.05, 0.1) is 60.9 Å². The van der Waals surface area contributed by atoms with E-state index in [4.69, 9.17) is 23.7 Å². The normalized spacial score (nSPS) is 11.3. The van der Waals surface area contributed by atoms with Gasteiger partial charge in [-0.25, -0.2) is 4.79 Å². The van der Waals surface area contributed by atoms with Crippen LogP contribution in [0.4, 0.5) is 0 Å². The Morgan fingerprint density at radius 3 is 0.854 bits per heavy atom. The van der Waals surface area contributed by atoms with Gasteiger partial charge in [0.25, 0.3) is 0 Å². The Morgan fingerprint density at radius 2 is 0.584 bits per heavy atom. The highest BCUT2D eigenvalue weighted by Gasteiger charge is 2.17. The first-order valence-electron chi connectivity index (χ1n) is 37.0. The number of carbonyl (C=O) groups excluding carboxylic acids is 1. The average Bonchev–Trinajstić information content (AvgIpc) is 1.65. The van der Waals surface area contributed by atoms with Gasteiger partial charge in [0, 0.05) is 37.9 Å². The van der Waals surface area contributed by atoms with Crippen molar-refractivity contribution in [2.45, 2.75) is 330 Å². The van der Waals surface area contributed by atoms with E-state index in [0.29, 0.717) is 50.1 Å². The van der Waals surface area contributed by atoms with Crippen LogP contribution in [0.5, 0.6) is 23.0 Å². The molecule has 0 aliphatic carbocycles. The van der Waals surface area contributed by atoms with E-state index in [1.807, 2.05) is 30.3 Å². The smallest absolute Gasteiger partial charge is 0.338 e. The zero-order valence-electron chi connectivity index (χ0n) is 59.1. The molecule has 0 aliphatic rings. The minimum Gasteiger partial charge on any atom is -0.492 e. The Balaban J connectivity index is 2.09. The van der Waals surface area contributed by atoms with Gasteiger partial charge in [0.1, 0.15) is 31.1 Å². The Kier molecular flexibility index (Phi) is 45.1. The van der Waals surface area contributed by atoms with Crippen LogP contribution in [0.1, 0.15) is 323 Å². The van der Waals surface area contributed by atoms with Crippen molar-refractivity contribution in [1.82, 2.24) is 0 Å². The molecule has 0 atom stereocenters. The molecule has 6 nitrogen and oxygen atoms in total. The fraction of sp³-hybridized carbons (Fsp3) is 0.691. The van der Waals surface area contributed by atoms with Crippen LogP contribution in [0.2, 0.25) is 45.3 Å². The van der Waals surface area contributed by atoms with Gasteiger partial charge in [0.15, 0.2) is 0 Å². The average molecular weight is 1260 g/mol. The molecular weight excluding hydrogens is 1130 g/mol. The number of ether oxygens (including phenoxy) is 5. The first-order chi connectivity index (χ1) is 43.3. The lowest BCUT2D eigenvalue weighted by atomic mass is 10.1. The lowest BCUT2D eigenvalue weighted by Crippen LogP contribution is -2.22. The molecule has 89 heavy (non-hydrogen) atoms. The van der Waals surface area contributed by atoms with Crippen LogP contribution >= 0.6 is 0 Å². The van der Waals surface area contributed by atoms with Crippen LogP contribution in [-0.2, 0) is 4.74 Å². The lowest BCUT2D eigenvalue weighted by Gasteiger charge is -2.15. The third-order valence-corrected chi connectivity index (χ3v) is 19.2. The number of esters is 1. The summed E-state index contributed by atoms with van der Waals surface area (Å²) in [5, 5.41) is 0. The van der Waals surface area contributed by atoms with E-state index in [2.05, 4.69) is 120 Å².